The number of carbonyl (C=O) groups is 3. The second-order valence-corrected chi connectivity index (χ2v) is 9.14. The first-order valence-electron chi connectivity index (χ1n) is 12.2. The van der Waals surface area contributed by atoms with Crippen molar-refractivity contribution >= 4 is 17.7 Å². The van der Waals surface area contributed by atoms with Crippen LogP contribution < -0.4 is 10.8 Å². The summed E-state index contributed by atoms with van der Waals surface area (Å²) >= 11 is 0. The number of likely N-dealkylation sites (N-methyl/N-ethyl adjacent to an activating group) is 2. The maximum atomic E-state index is 12.8. The zero-order valence-corrected chi connectivity index (χ0v) is 21.1. The molecule has 3 rings (SSSR count). The molecule has 0 aromatic heterocycles. The second-order valence-electron chi connectivity index (χ2n) is 9.14. The van der Waals surface area contributed by atoms with Gasteiger partial charge in [-0.2, -0.15) is 0 Å². The van der Waals surface area contributed by atoms with Gasteiger partial charge in [0.05, 0.1) is 0 Å². The van der Waals surface area contributed by atoms with Crippen molar-refractivity contribution in [2.45, 2.75) is 50.7 Å². The van der Waals surface area contributed by atoms with E-state index in [1.54, 1.807) is 24.3 Å². The molecule has 3 N–H and O–H groups in total. The monoisotopic (exact) mass is 490 g/mol. The van der Waals surface area contributed by atoms with Gasteiger partial charge in [0.15, 0.2) is 6.04 Å². The average Bonchev–Trinajstić information content (AvgIpc) is 2.92. The molecule has 2 aromatic carbocycles. The number of hydroxylamine groups is 1. The lowest BCUT2D eigenvalue weighted by atomic mass is 9.94. The predicted octanol–water partition coefficient (Wildman–Crippen LogP) is 2.54. The molecule has 0 heterocycles. The molecule has 1 aliphatic carbocycles. The summed E-state index contributed by atoms with van der Waals surface area (Å²) in [6.45, 7) is 0.934. The maximum absolute atomic E-state index is 12.8. The number of nitrogens with one attached hydrogen (secondary N) is 2. The minimum Gasteiger partial charge on any atom is -0.357 e. The van der Waals surface area contributed by atoms with Crippen LogP contribution in [0.3, 0.4) is 0 Å². The van der Waals surface area contributed by atoms with Crippen LogP contribution in [0.1, 0.15) is 59.2 Å². The number of carbonyl (C=O) groups excluding carboxylic acids is 3. The van der Waals surface area contributed by atoms with Gasteiger partial charge in [0, 0.05) is 43.4 Å². The van der Waals surface area contributed by atoms with E-state index in [9.17, 15) is 14.4 Å². The Morgan fingerprint density at radius 3 is 2.00 bits per heavy atom. The summed E-state index contributed by atoms with van der Waals surface area (Å²) in [6.07, 6.45) is 6.58. The van der Waals surface area contributed by atoms with E-state index in [2.05, 4.69) is 41.2 Å². The average molecular weight is 491 g/mol. The molecule has 3 amide bonds. The van der Waals surface area contributed by atoms with Gasteiger partial charge in [-0.15, -0.1) is 0 Å². The van der Waals surface area contributed by atoms with Gasteiger partial charge >= 0.3 is 0 Å². The summed E-state index contributed by atoms with van der Waals surface area (Å²) in [5, 5.41) is 11.2. The number of rotatable bonds is 7. The molecule has 0 spiro atoms. The zero-order valence-electron chi connectivity index (χ0n) is 21.1. The van der Waals surface area contributed by atoms with Crippen molar-refractivity contribution in [1.29, 1.82) is 0 Å². The van der Waals surface area contributed by atoms with Crippen LogP contribution in [0.25, 0.3) is 0 Å². The van der Waals surface area contributed by atoms with Gasteiger partial charge in [-0.05, 0) is 61.9 Å². The number of hydrogen-bond donors (Lipinski definition) is 3. The summed E-state index contributed by atoms with van der Waals surface area (Å²) in [7, 11) is 4.87. The third kappa shape index (κ3) is 6.94. The Labute approximate surface area is 212 Å². The van der Waals surface area contributed by atoms with Crippen molar-refractivity contribution in [3.05, 3.63) is 70.8 Å². The van der Waals surface area contributed by atoms with Crippen LogP contribution in [0.2, 0.25) is 0 Å². The number of amides is 3. The highest BCUT2D eigenvalue weighted by molar-refractivity contribution is 6.08. The zero-order chi connectivity index (χ0) is 26.1. The first kappa shape index (κ1) is 26.9. The molecule has 1 fully saturated rings. The normalized spacial score (nSPS) is 14.4. The summed E-state index contributed by atoms with van der Waals surface area (Å²) in [6, 6.07) is 14.1. The smallest absolute Gasteiger partial charge is 0.275 e. The molecule has 1 unspecified atom stereocenters. The molecular formula is C28H34N4O4. The minimum atomic E-state index is -1.50. The largest absolute Gasteiger partial charge is 0.357 e. The van der Waals surface area contributed by atoms with Crippen molar-refractivity contribution in [3.63, 3.8) is 0 Å². The summed E-state index contributed by atoms with van der Waals surface area (Å²) < 4.78 is 0. The highest BCUT2D eigenvalue weighted by atomic mass is 16.5. The van der Waals surface area contributed by atoms with Gasteiger partial charge in [0.2, 0.25) is 0 Å². The van der Waals surface area contributed by atoms with Gasteiger partial charge in [-0.25, -0.2) is 5.48 Å². The number of benzene rings is 2. The molecule has 0 aliphatic heterocycles. The molecule has 190 valence electrons. The molecule has 1 saturated carbocycles. The van der Waals surface area contributed by atoms with E-state index in [1.807, 2.05) is 12.1 Å². The first-order valence-corrected chi connectivity index (χ1v) is 12.2. The fraction of sp³-hybridized carbons (Fsp3) is 0.393. The Morgan fingerprint density at radius 1 is 0.917 bits per heavy atom. The highest BCUT2D eigenvalue weighted by Gasteiger charge is 2.33. The quantitative estimate of drug-likeness (QED) is 0.240. The Hall–Kier alpha value is -3.67. The van der Waals surface area contributed by atoms with E-state index >= 15 is 0 Å². The summed E-state index contributed by atoms with van der Waals surface area (Å²) in [5.74, 6) is 3.99. The van der Waals surface area contributed by atoms with Crippen LogP contribution in [0, 0.1) is 11.8 Å². The lowest BCUT2D eigenvalue weighted by molar-refractivity contribution is -0.140. The van der Waals surface area contributed by atoms with Gasteiger partial charge in [-0.3, -0.25) is 24.5 Å². The molecule has 1 atom stereocenters. The van der Waals surface area contributed by atoms with Crippen molar-refractivity contribution in [2.24, 2.45) is 0 Å². The van der Waals surface area contributed by atoms with Crippen LogP contribution in [0.15, 0.2) is 48.5 Å². The topological polar surface area (TPSA) is 102 Å². The van der Waals surface area contributed by atoms with E-state index in [-0.39, 0.29) is 5.56 Å². The van der Waals surface area contributed by atoms with E-state index in [1.165, 1.54) is 57.2 Å². The third-order valence-electron chi connectivity index (χ3n) is 6.63. The predicted molar refractivity (Wildman–Crippen MR) is 137 cm³/mol. The van der Waals surface area contributed by atoms with Gasteiger partial charge < -0.3 is 10.2 Å². The van der Waals surface area contributed by atoms with Crippen molar-refractivity contribution in [1.82, 2.24) is 20.6 Å². The third-order valence-corrected chi connectivity index (χ3v) is 6.63. The summed E-state index contributed by atoms with van der Waals surface area (Å²) in [5.41, 5.74) is 4.61. The fourth-order valence-electron chi connectivity index (χ4n) is 4.46. The molecule has 1 aliphatic rings. The molecule has 8 heteroatoms. The molecule has 0 radical (unpaired) electrons. The van der Waals surface area contributed by atoms with Crippen LogP contribution in [-0.4, -0.2) is 66.0 Å². The van der Waals surface area contributed by atoms with Crippen LogP contribution >= 0.6 is 0 Å². The SMILES string of the molecule is CNC(=O)C(C(=O)NO)N(C)C(=O)c1ccc(C#Cc2ccc(CN(C)C3CCCCC3)cc2)cc1. The first-order chi connectivity index (χ1) is 17.3. The Balaban J connectivity index is 1.62. The van der Waals surface area contributed by atoms with Crippen molar-refractivity contribution < 1.29 is 19.6 Å². The van der Waals surface area contributed by atoms with Crippen LogP contribution in [0.5, 0.6) is 0 Å². The second kappa shape index (κ2) is 12.9. The van der Waals surface area contributed by atoms with Crippen molar-refractivity contribution in [2.75, 3.05) is 21.1 Å². The van der Waals surface area contributed by atoms with Crippen LogP contribution in [-0.2, 0) is 16.1 Å². The Kier molecular flexibility index (Phi) is 9.62. The Morgan fingerprint density at radius 2 is 1.47 bits per heavy atom. The van der Waals surface area contributed by atoms with Crippen molar-refractivity contribution in [3.8, 4) is 11.8 Å². The molecular weight excluding hydrogens is 456 g/mol. The summed E-state index contributed by atoms with van der Waals surface area (Å²) in [4.78, 5) is 40.1. The molecule has 0 saturated heterocycles. The fourth-order valence-corrected chi connectivity index (χ4v) is 4.46. The van der Waals surface area contributed by atoms with Gasteiger partial charge in [0.25, 0.3) is 17.7 Å². The van der Waals surface area contributed by atoms with Gasteiger partial charge in [-0.1, -0.05) is 43.2 Å². The van der Waals surface area contributed by atoms with E-state index in [0.29, 0.717) is 6.04 Å². The standard InChI is InChI=1S/C28H34N4O4/c1-29-26(33)25(27(34)30-36)32(3)28(35)23-17-15-21(16-18-23)10-9-20-11-13-22(14-12-20)19-31(2)24-7-5-4-6-8-24/h11-18,24-25,36H,4-8,19H2,1-3H3,(H,29,33)(H,30,34). The molecule has 8 nitrogen and oxygen atoms in total. The lowest BCUT2D eigenvalue weighted by Gasteiger charge is -2.31. The number of hydrogen-bond acceptors (Lipinski definition) is 5. The highest BCUT2D eigenvalue weighted by Crippen LogP contribution is 2.23. The van der Waals surface area contributed by atoms with E-state index in [0.717, 1.165) is 22.6 Å². The Bertz CT molecular complexity index is 1100. The molecule has 2 aromatic rings. The molecule has 0 bridgehead atoms. The van der Waals surface area contributed by atoms with E-state index in [4.69, 9.17) is 5.21 Å². The lowest BCUT2D eigenvalue weighted by Crippen LogP contribution is -2.54. The van der Waals surface area contributed by atoms with Crippen LogP contribution in [0.4, 0.5) is 0 Å². The van der Waals surface area contributed by atoms with E-state index < -0.39 is 23.8 Å². The number of nitrogens with zero attached hydrogens (tertiary/aromatic N) is 2. The molecule has 36 heavy (non-hydrogen) atoms. The van der Waals surface area contributed by atoms with Gasteiger partial charge in [0.1, 0.15) is 0 Å². The maximum Gasteiger partial charge on any atom is 0.275 e. The minimum absolute atomic E-state index is 0.286.